The number of nitrogens with one attached hydrogen (secondary N) is 1. The predicted molar refractivity (Wildman–Crippen MR) is 77.6 cm³/mol. The third-order valence-corrected chi connectivity index (χ3v) is 3.95. The normalized spacial score (nSPS) is 21.1. The maximum atomic E-state index is 10.2. The molecule has 0 saturated carbocycles. The molecule has 0 radical (unpaired) electrons. The molecule has 2 N–H and O–H groups in total. The second-order valence-corrected chi connectivity index (χ2v) is 5.53. The van der Waals surface area contributed by atoms with E-state index < -0.39 is 0 Å². The number of ether oxygens (including phenoxy) is 1. The first-order valence-electron chi connectivity index (χ1n) is 7.26. The minimum absolute atomic E-state index is 0.253. The highest BCUT2D eigenvalue weighted by Crippen LogP contribution is 2.23. The van der Waals surface area contributed by atoms with Crippen LogP contribution in [-0.2, 0) is 0 Å². The van der Waals surface area contributed by atoms with Crippen molar-refractivity contribution >= 4 is 0 Å². The minimum Gasteiger partial charge on any atom is -0.493 e. The van der Waals surface area contributed by atoms with Crippen LogP contribution < -0.4 is 10.1 Å². The molecule has 0 aromatic heterocycles. The highest BCUT2D eigenvalue weighted by molar-refractivity contribution is 5.39. The molecule has 1 heterocycles. The number of aliphatic hydroxyl groups excluding tert-OH is 1. The topological polar surface area (TPSA) is 41.5 Å². The molecular formula is C16H25NO2. The van der Waals surface area contributed by atoms with E-state index in [1.807, 2.05) is 6.07 Å². The first-order valence-corrected chi connectivity index (χ1v) is 7.26. The molecule has 1 fully saturated rings. The van der Waals surface area contributed by atoms with Crippen LogP contribution in [-0.4, -0.2) is 30.9 Å². The number of aliphatic hydroxyl groups is 1. The summed E-state index contributed by atoms with van der Waals surface area (Å²) in [5, 5.41) is 13.5. The molecule has 19 heavy (non-hydrogen) atoms. The lowest BCUT2D eigenvalue weighted by atomic mass is 9.92. The second-order valence-electron chi connectivity index (χ2n) is 5.53. The molecule has 1 aromatic carbocycles. The van der Waals surface area contributed by atoms with E-state index in [0.29, 0.717) is 18.9 Å². The van der Waals surface area contributed by atoms with Crippen LogP contribution in [0.3, 0.4) is 0 Å². The van der Waals surface area contributed by atoms with Gasteiger partial charge in [0.1, 0.15) is 5.75 Å². The Morgan fingerprint density at radius 1 is 1.37 bits per heavy atom. The first kappa shape index (κ1) is 14.4. The van der Waals surface area contributed by atoms with Crippen molar-refractivity contribution in [1.29, 1.82) is 0 Å². The van der Waals surface area contributed by atoms with Crippen molar-refractivity contribution in [1.82, 2.24) is 5.32 Å². The van der Waals surface area contributed by atoms with Gasteiger partial charge in [0.05, 0.1) is 12.7 Å². The Bertz CT molecular complexity index is 379. The van der Waals surface area contributed by atoms with E-state index >= 15 is 0 Å². The van der Waals surface area contributed by atoms with Gasteiger partial charge in [-0.25, -0.2) is 0 Å². The van der Waals surface area contributed by atoms with Gasteiger partial charge in [0.2, 0.25) is 0 Å². The number of piperidine rings is 1. The Balaban J connectivity index is 1.79. The number of aryl methyl sites for hydroxylation is 2. The summed E-state index contributed by atoms with van der Waals surface area (Å²) >= 11 is 0. The van der Waals surface area contributed by atoms with Gasteiger partial charge < -0.3 is 15.2 Å². The molecule has 1 aromatic rings. The maximum Gasteiger partial charge on any atom is 0.125 e. The fraction of sp³-hybridized carbons (Fsp3) is 0.625. The summed E-state index contributed by atoms with van der Waals surface area (Å²) in [5.41, 5.74) is 2.32. The Morgan fingerprint density at radius 2 is 2.11 bits per heavy atom. The number of hydrogen-bond acceptors (Lipinski definition) is 3. The molecule has 0 amide bonds. The fourth-order valence-corrected chi connectivity index (χ4v) is 2.75. The van der Waals surface area contributed by atoms with Crippen molar-refractivity contribution in [3.63, 3.8) is 0 Å². The Hall–Kier alpha value is -1.06. The third kappa shape index (κ3) is 3.95. The zero-order chi connectivity index (χ0) is 13.7. The SMILES string of the molecule is Cc1cccc(C)c1OCCC(O)C1CCCNC1. The molecule has 3 heteroatoms. The summed E-state index contributed by atoms with van der Waals surface area (Å²) in [6.07, 6.45) is 2.74. The van der Waals surface area contributed by atoms with Crippen LogP contribution in [0.5, 0.6) is 5.75 Å². The molecule has 106 valence electrons. The summed E-state index contributed by atoms with van der Waals surface area (Å²) in [6, 6.07) is 6.16. The van der Waals surface area contributed by atoms with Crippen LogP contribution in [0.2, 0.25) is 0 Å². The lowest BCUT2D eigenvalue weighted by molar-refractivity contribution is 0.0700. The van der Waals surface area contributed by atoms with Gasteiger partial charge in [-0.2, -0.15) is 0 Å². The van der Waals surface area contributed by atoms with Gasteiger partial charge in [0, 0.05) is 13.0 Å². The second kappa shape index (κ2) is 6.92. The third-order valence-electron chi connectivity index (χ3n) is 3.95. The summed E-state index contributed by atoms with van der Waals surface area (Å²) < 4.78 is 5.85. The Kier molecular flexibility index (Phi) is 5.23. The van der Waals surface area contributed by atoms with Crippen LogP contribution in [0, 0.1) is 19.8 Å². The zero-order valence-electron chi connectivity index (χ0n) is 12.0. The number of rotatable bonds is 5. The Labute approximate surface area is 116 Å². The van der Waals surface area contributed by atoms with E-state index in [4.69, 9.17) is 4.74 Å². The molecular weight excluding hydrogens is 238 g/mol. The van der Waals surface area contributed by atoms with Gasteiger partial charge in [-0.05, 0) is 50.3 Å². The van der Waals surface area contributed by atoms with E-state index in [-0.39, 0.29) is 6.10 Å². The summed E-state index contributed by atoms with van der Waals surface area (Å²) in [4.78, 5) is 0. The molecule has 0 bridgehead atoms. The van der Waals surface area contributed by atoms with Gasteiger partial charge >= 0.3 is 0 Å². The van der Waals surface area contributed by atoms with Crippen LogP contribution in [0.1, 0.15) is 30.4 Å². The molecule has 0 spiro atoms. The number of benzene rings is 1. The van der Waals surface area contributed by atoms with Crippen LogP contribution >= 0.6 is 0 Å². The first-order chi connectivity index (χ1) is 9.18. The van der Waals surface area contributed by atoms with E-state index in [1.165, 1.54) is 6.42 Å². The van der Waals surface area contributed by atoms with Crippen molar-refractivity contribution in [2.75, 3.05) is 19.7 Å². The maximum absolute atomic E-state index is 10.2. The highest BCUT2D eigenvalue weighted by atomic mass is 16.5. The Morgan fingerprint density at radius 3 is 2.74 bits per heavy atom. The van der Waals surface area contributed by atoms with Gasteiger partial charge in [-0.3, -0.25) is 0 Å². The average molecular weight is 263 g/mol. The predicted octanol–water partition coefficient (Wildman–Crippen LogP) is 2.43. The molecule has 1 aliphatic heterocycles. The lowest BCUT2D eigenvalue weighted by Crippen LogP contribution is -2.37. The van der Waals surface area contributed by atoms with Crippen molar-refractivity contribution in [2.24, 2.45) is 5.92 Å². The van der Waals surface area contributed by atoms with Gasteiger partial charge in [-0.15, -0.1) is 0 Å². The molecule has 3 nitrogen and oxygen atoms in total. The summed E-state index contributed by atoms with van der Waals surface area (Å²) in [5.74, 6) is 1.35. The molecule has 2 rings (SSSR count). The fourth-order valence-electron chi connectivity index (χ4n) is 2.75. The van der Waals surface area contributed by atoms with Crippen LogP contribution in [0.15, 0.2) is 18.2 Å². The minimum atomic E-state index is -0.253. The van der Waals surface area contributed by atoms with E-state index in [1.54, 1.807) is 0 Å². The standard InChI is InChI=1S/C16H25NO2/c1-12-5-3-6-13(2)16(12)19-10-8-15(18)14-7-4-9-17-11-14/h3,5-6,14-15,17-18H,4,7-11H2,1-2H3. The van der Waals surface area contributed by atoms with Crippen molar-refractivity contribution < 1.29 is 9.84 Å². The molecule has 2 unspecified atom stereocenters. The van der Waals surface area contributed by atoms with E-state index in [0.717, 1.165) is 36.4 Å². The zero-order valence-corrected chi connectivity index (χ0v) is 12.0. The van der Waals surface area contributed by atoms with Crippen molar-refractivity contribution in [3.8, 4) is 5.75 Å². The summed E-state index contributed by atoms with van der Waals surface area (Å²) in [7, 11) is 0. The molecule has 1 saturated heterocycles. The van der Waals surface area contributed by atoms with Gasteiger partial charge in [0.25, 0.3) is 0 Å². The van der Waals surface area contributed by atoms with E-state index in [9.17, 15) is 5.11 Å². The number of para-hydroxylation sites is 1. The van der Waals surface area contributed by atoms with Gasteiger partial charge in [-0.1, -0.05) is 18.2 Å². The van der Waals surface area contributed by atoms with Gasteiger partial charge in [0.15, 0.2) is 0 Å². The van der Waals surface area contributed by atoms with Crippen molar-refractivity contribution in [3.05, 3.63) is 29.3 Å². The smallest absolute Gasteiger partial charge is 0.125 e. The van der Waals surface area contributed by atoms with Crippen LogP contribution in [0.25, 0.3) is 0 Å². The van der Waals surface area contributed by atoms with Crippen LogP contribution in [0.4, 0.5) is 0 Å². The monoisotopic (exact) mass is 263 g/mol. The quantitative estimate of drug-likeness (QED) is 0.857. The summed E-state index contributed by atoms with van der Waals surface area (Å²) in [6.45, 7) is 6.73. The highest BCUT2D eigenvalue weighted by Gasteiger charge is 2.21. The average Bonchev–Trinajstić information content (AvgIpc) is 2.43. The van der Waals surface area contributed by atoms with E-state index in [2.05, 4.69) is 31.3 Å². The van der Waals surface area contributed by atoms with Crippen molar-refractivity contribution in [2.45, 2.75) is 39.2 Å². The lowest BCUT2D eigenvalue weighted by Gasteiger charge is -2.27. The largest absolute Gasteiger partial charge is 0.493 e. The molecule has 1 aliphatic rings. The molecule has 2 atom stereocenters. The molecule has 0 aliphatic carbocycles. The number of hydrogen-bond donors (Lipinski definition) is 2.